The third-order valence-corrected chi connectivity index (χ3v) is 3.71. The Labute approximate surface area is 85.3 Å². The molecule has 0 radical (unpaired) electrons. The lowest BCUT2D eigenvalue weighted by Crippen LogP contribution is -2.20. The zero-order valence-electron chi connectivity index (χ0n) is 9.01. The molecule has 14 heavy (non-hydrogen) atoms. The standard InChI is InChI=1S/C12H18O2/c1-8-7-9-5-3-4-6-10(9)11(8)12(13)14-2/h9-10H,3-7H2,1-2H3. The maximum absolute atomic E-state index is 11.6. The summed E-state index contributed by atoms with van der Waals surface area (Å²) in [5.41, 5.74) is 2.27. The molecular weight excluding hydrogens is 176 g/mol. The highest BCUT2D eigenvalue weighted by Crippen LogP contribution is 2.45. The van der Waals surface area contributed by atoms with Gasteiger partial charge in [0, 0.05) is 5.57 Å². The highest BCUT2D eigenvalue weighted by atomic mass is 16.5. The molecule has 0 heterocycles. The molecular formula is C12H18O2. The molecule has 0 aromatic rings. The normalized spacial score (nSPS) is 31.6. The van der Waals surface area contributed by atoms with Crippen LogP contribution in [0.1, 0.15) is 39.0 Å². The van der Waals surface area contributed by atoms with Crippen LogP contribution in [0.15, 0.2) is 11.1 Å². The fourth-order valence-electron chi connectivity index (χ4n) is 3.09. The highest BCUT2D eigenvalue weighted by molar-refractivity contribution is 5.90. The van der Waals surface area contributed by atoms with E-state index in [4.69, 9.17) is 4.74 Å². The zero-order valence-corrected chi connectivity index (χ0v) is 9.01. The van der Waals surface area contributed by atoms with Gasteiger partial charge in [-0.25, -0.2) is 4.79 Å². The molecule has 0 N–H and O–H groups in total. The molecule has 2 atom stereocenters. The van der Waals surface area contributed by atoms with E-state index in [1.54, 1.807) is 0 Å². The predicted octanol–water partition coefficient (Wildman–Crippen LogP) is 2.69. The first-order valence-electron chi connectivity index (χ1n) is 5.52. The van der Waals surface area contributed by atoms with Crippen LogP contribution in [-0.4, -0.2) is 13.1 Å². The van der Waals surface area contributed by atoms with Gasteiger partial charge < -0.3 is 4.74 Å². The summed E-state index contributed by atoms with van der Waals surface area (Å²) in [6, 6.07) is 0. The van der Waals surface area contributed by atoms with Crippen molar-refractivity contribution in [2.24, 2.45) is 11.8 Å². The van der Waals surface area contributed by atoms with Gasteiger partial charge in [0.15, 0.2) is 0 Å². The number of carbonyl (C=O) groups is 1. The number of carbonyl (C=O) groups excluding carboxylic acids is 1. The highest BCUT2D eigenvalue weighted by Gasteiger charge is 2.38. The average Bonchev–Trinajstić information content (AvgIpc) is 2.53. The average molecular weight is 194 g/mol. The van der Waals surface area contributed by atoms with Crippen molar-refractivity contribution in [3.8, 4) is 0 Å². The number of ether oxygens (including phenoxy) is 1. The Kier molecular flexibility index (Phi) is 2.62. The van der Waals surface area contributed by atoms with Gasteiger partial charge in [0.2, 0.25) is 0 Å². The van der Waals surface area contributed by atoms with Gasteiger partial charge in [0.1, 0.15) is 0 Å². The first kappa shape index (κ1) is 9.75. The van der Waals surface area contributed by atoms with Crippen LogP contribution >= 0.6 is 0 Å². The Morgan fingerprint density at radius 1 is 1.36 bits per heavy atom. The van der Waals surface area contributed by atoms with Crippen LogP contribution in [0.5, 0.6) is 0 Å². The molecule has 0 bridgehead atoms. The van der Waals surface area contributed by atoms with Gasteiger partial charge in [-0.3, -0.25) is 0 Å². The Balaban J connectivity index is 2.21. The maximum Gasteiger partial charge on any atom is 0.333 e. The number of methoxy groups -OCH3 is 1. The van der Waals surface area contributed by atoms with Crippen molar-refractivity contribution in [1.82, 2.24) is 0 Å². The lowest BCUT2D eigenvalue weighted by Gasteiger charge is -2.26. The van der Waals surface area contributed by atoms with Crippen LogP contribution in [0.3, 0.4) is 0 Å². The molecule has 2 rings (SSSR count). The van der Waals surface area contributed by atoms with E-state index in [0.29, 0.717) is 5.92 Å². The second-order valence-corrected chi connectivity index (χ2v) is 4.54. The van der Waals surface area contributed by atoms with Gasteiger partial charge >= 0.3 is 5.97 Å². The van der Waals surface area contributed by atoms with Crippen LogP contribution in [-0.2, 0) is 9.53 Å². The molecule has 2 unspecified atom stereocenters. The zero-order chi connectivity index (χ0) is 10.1. The molecule has 0 aromatic heterocycles. The van der Waals surface area contributed by atoms with Crippen molar-refractivity contribution in [3.05, 3.63) is 11.1 Å². The summed E-state index contributed by atoms with van der Waals surface area (Å²) < 4.78 is 4.86. The lowest BCUT2D eigenvalue weighted by atomic mass is 9.79. The third kappa shape index (κ3) is 1.47. The second kappa shape index (κ2) is 3.76. The van der Waals surface area contributed by atoms with E-state index >= 15 is 0 Å². The van der Waals surface area contributed by atoms with E-state index in [2.05, 4.69) is 6.92 Å². The number of rotatable bonds is 1. The van der Waals surface area contributed by atoms with Crippen molar-refractivity contribution < 1.29 is 9.53 Å². The summed E-state index contributed by atoms with van der Waals surface area (Å²) in [5, 5.41) is 0. The summed E-state index contributed by atoms with van der Waals surface area (Å²) >= 11 is 0. The van der Waals surface area contributed by atoms with Crippen LogP contribution in [0.25, 0.3) is 0 Å². The largest absolute Gasteiger partial charge is 0.466 e. The summed E-state index contributed by atoms with van der Waals surface area (Å²) in [6.07, 6.45) is 6.21. The molecule has 2 aliphatic rings. The van der Waals surface area contributed by atoms with E-state index in [1.807, 2.05) is 0 Å². The van der Waals surface area contributed by atoms with Crippen LogP contribution in [0.2, 0.25) is 0 Å². The van der Waals surface area contributed by atoms with E-state index in [1.165, 1.54) is 38.4 Å². The minimum absolute atomic E-state index is 0.0862. The number of hydrogen-bond acceptors (Lipinski definition) is 2. The maximum atomic E-state index is 11.6. The summed E-state index contributed by atoms with van der Waals surface area (Å²) in [7, 11) is 1.48. The minimum Gasteiger partial charge on any atom is -0.466 e. The van der Waals surface area contributed by atoms with Gasteiger partial charge in [0.25, 0.3) is 0 Å². The number of esters is 1. The first-order valence-corrected chi connectivity index (χ1v) is 5.52. The Morgan fingerprint density at radius 3 is 2.79 bits per heavy atom. The number of fused-ring (bicyclic) bond motifs is 1. The Hall–Kier alpha value is -0.790. The van der Waals surface area contributed by atoms with Gasteiger partial charge in [-0.15, -0.1) is 0 Å². The lowest BCUT2D eigenvalue weighted by molar-refractivity contribution is -0.136. The van der Waals surface area contributed by atoms with E-state index in [9.17, 15) is 4.79 Å². The molecule has 2 heteroatoms. The van der Waals surface area contributed by atoms with Crippen molar-refractivity contribution in [2.75, 3.05) is 7.11 Å². The van der Waals surface area contributed by atoms with Gasteiger partial charge in [-0.1, -0.05) is 18.4 Å². The summed E-state index contributed by atoms with van der Waals surface area (Å²) in [5.74, 6) is 1.16. The molecule has 0 spiro atoms. The molecule has 1 saturated carbocycles. The first-order chi connectivity index (χ1) is 6.74. The topological polar surface area (TPSA) is 26.3 Å². The van der Waals surface area contributed by atoms with Crippen molar-refractivity contribution >= 4 is 5.97 Å². The van der Waals surface area contributed by atoms with Crippen LogP contribution in [0.4, 0.5) is 0 Å². The van der Waals surface area contributed by atoms with Gasteiger partial charge in [-0.2, -0.15) is 0 Å². The quantitative estimate of drug-likeness (QED) is 0.600. The minimum atomic E-state index is -0.0862. The molecule has 1 fully saturated rings. The molecule has 0 amide bonds. The number of allylic oxidation sites excluding steroid dienone is 1. The van der Waals surface area contributed by atoms with Crippen molar-refractivity contribution in [1.29, 1.82) is 0 Å². The molecule has 0 saturated heterocycles. The monoisotopic (exact) mass is 194 g/mol. The van der Waals surface area contributed by atoms with Crippen LogP contribution < -0.4 is 0 Å². The summed E-state index contributed by atoms with van der Waals surface area (Å²) in [4.78, 5) is 11.6. The SMILES string of the molecule is COC(=O)C1=C(C)CC2CCCCC12. The molecule has 0 aliphatic heterocycles. The Morgan fingerprint density at radius 2 is 2.07 bits per heavy atom. The fraction of sp³-hybridized carbons (Fsp3) is 0.750. The second-order valence-electron chi connectivity index (χ2n) is 4.54. The molecule has 78 valence electrons. The van der Waals surface area contributed by atoms with Crippen LogP contribution in [0, 0.1) is 11.8 Å². The summed E-state index contributed by atoms with van der Waals surface area (Å²) in [6.45, 7) is 2.09. The van der Waals surface area contributed by atoms with Crippen molar-refractivity contribution in [2.45, 2.75) is 39.0 Å². The van der Waals surface area contributed by atoms with Gasteiger partial charge in [-0.05, 0) is 38.0 Å². The third-order valence-electron chi connectivity index (χ3n) is 3.71. The van der Waals surface area contributed by atoms with E-state index in [-0.39, 0.29) is 5.97 Å². The van der Waals surface area contributed by atoms with Crippen molar-refractivity contribution in [3.63, 3.8) is 0 Å². The van der Waals surface area contributed by atoms with Gasteiger partial charge in [0.05, 0.1) is 7.11 Å². The fourth-order valence-corrected chi connectivity index (χ4v) is 3.09. The smallest absolute Gasteiger partial charge is 0.333 e. The molecule has 2 nitrogen and oxygen atoms in total. The molecule has 0 aromatic carbocycles. The predicted molar refractivity (Wildman–Crippen MR) is 54.8 cm³/mol. The van der Waals surface area contributed by atoms with E-state index < -0.39 is 0 Å². The number of hydrogen-bond donors (Lipinski definition) is 0. The van der Waals surface area contributed by atoms with E-state index in [0.717, 1.165) is 17.9 Å². The Bertz CT molecular complexity index is 278. The molecule has 2 aliphatic carbocycles.